The molecule has 0 spiro atoms. The third kappa shape index (κ3) is 3.62. The van der Waals surface area contributed by atoms with Crippen molar-refractivity contribution in [1.29, 1.82) is 0 Å². The fraction of sp³-hybridized carbons (Fsp3) is 0.471. The predicted octanol–water partition coefficient (Wildman–Crippen LogP) is 0.500. The highest BCUT2D eigenvalue weighted by atomic mass is 19.1. The molecule has 3 amide bonds. The molecule has 2 N–H and O–H groups in total. The van der Waals surface area contributed by atoms with Gasteiger partial charge in [0, 0.05) is 33.9 Å². The lowest BCUT2D eigenvalue weighted by molar-refractivity contribution is -0.127. The molecular formula is C17H22FN5O3. The number of hydrogen-bond acceptors (Lipinski definition) is 4. The van der Waals surface area contributed by atoms with Crippen molar-refractivity contribution in [2.24, 2.45) is 4.99 Å². The van der Waals surface area contributed by atoms with Crippen molar-refractivity contribution in [3.63, 3.8) is 0 Å². The Kier molecular flexibility index (Phi) is 5.36. The van der Waals surface area contributed by atoms with Crippen molar-refractivity contribution in [2.45, 2.75) is 25.2 Å². The quantitative estimate of drug-likeness (QED) is 0.719. The number of benzene rings is 1. The number of imide groups is 1. The normalized spacial score (nSPS) is 23.9. The van der Waals surface area contributed by atoms with Crippen molar-refractivity contribution in [2.75, 3.05) is 27.3 Å². The van der Waals surface area contributed by atoms with Gasteiger partial charge in [0.15, 0.2) is 12.0 Å². The van der Waals surface area contributed by atoms with Gasteiger partial charge in [-0.15, -0.1) is 0 Å². The van der Waals surface area contributed by atoms with Gasteiger partial charge in [-0.25, -0.2) is 9.18 Å². The van der Waals surface area contributed by atoms with E-state index in [0.717, 1.165) is 12.0 Å². The lowest BCUT2D eigenvalue weighted by Crippen LogP contribution is -2.64. The van der Waals surface area contributed by atoms with E-state index in [0.29, 0.717) is 25.7 Å². The molecule has 1 aromatic carbocycles. The van der Waals surface area contributed by atoms with Gasteiger partial charge in [-0.1, -0.05) is 12.1 Å². The summed E-state index contributed by atoms with van der Waals surface area (Å²) in [6.07, 6.45) is 0.236. The number of nitrogens with zero attached hydrogens (tertiary/aromatic N) is 3. The van der Waals surface area contributed by atoms with Gasteiger partial charge in [0.05, 0.1) is 0 Å². The summed E-state index contributed by atoms with van der Waals surface area (Å²) in [6, 6.07) is 5.03. The van der Waals surface area contributed by atoms with Crippen LogP contribution in [0.4, 0.5) is 9.18 Å². The molecule has 0 radical (unpaired) electrons. The number of fused-ring (bicyclic) bond motifs is 1. The van der Waals surface area contributed by atoms with Crippen LogP contribution in [-0.4, -0.2) is 67.2 Å². The highest BCUT2D eigenvalue weighted by molar-refractivity contribution is 6.04. The first-order valence-corrected chi connectivity index (χ1v) is 8.40. The van der Waals surface area contributed by atoms with E-state index in [-0.39, 0.29) is 11.7 Å². The minimum absolute atomic E-state index is 0.319. The van der Waals surface area contributed by atoms with E-state index in [2.05, 4.69) is 15.6 Å². The Bertz CT molecular complexity index is 709. The van der Waals surface area contributed by atoms with E-state index in [1.54, 1.807) is 26.3 Å². The smallest absolute Gasteiger partial charge is 0.325 e. The van der Waals surface area contributed by atoms with Crippen LogP contribution in [0.1, 0.15) is 12.0 Å². The summed E-state index contributed by atoms with van der Waals surface area (Å²) in [6.45, 7) is 1.47. The number of carbonyl (C=O) groups excluding carboxylic acids is 2. The number of nitrogens with one attached hydrogen (secondary N) is 2. The summed E-state index contributed by atoms with van der Waals surface area (Å²) < 4.78 is 18.2. The third-order valence-corrected chi connectivity index (χ3v) is 4.45. The average molecular weight is 363 g/mol. The first-order valence-electron chi connectivity index (χ1n) is 8.40. The molecule has 1 aromatic rings. The number of aliphatic imine (C=N–C) groups is 1. The first kappa shape index (κ1) is 18.1. The number of rotatable bonds is 6. The van der Waals surface area contributed by atoms with Crippen LogP contribution >= 0.6 is 0 Å². The molecular weight excluding hydrogens is 341 g/mol. The van der Waals surface area contributed by atoms with Gasteiger partial charge in [-0.2, -0.15) is 0 Å². The SMILES string of the molecule is COCCCN=C1NC2C(C(=O)NC(=O)N2C)N1Cc1ccc(F)cc1. The molecule has 2 aliphatic heterocycles. The standard InChI is InChI=1S/C17H22FN5O3/c1-22-14-13(15(24)21-17(22)25)23(10-11-4-6-12(18)7-5-11)16(20-14)19-8-3-9-26-2/h4-7,13-14H,3,8-10H2,1-2H3,(H,19,20)(H,21,24,25). The highest BCUT2D eigenvalue weighted by Gasteiger charge is 2.49. The van der Waals surface area contributed by atoms with E-state index in [1.165, 1.54) is 17.0 Å². The van der Waals surface area contributed by atoms with Crippen LogP contribution in [-0.2, 0) is 16.1 Å². The molecule has 0 bridgehead atoms. The van der Waals surface area contributed by atoms with Gasteiger partial charge in [-0.05, 0) is 24.1 Å². The van der Waals surface area contributed by atoms with Crippen LogP contribution in [0.15, 0.2) is 29.3 Å². The van der Waals surface area contributed by atoms with Crippen molar-refractivity contribution in [3.8, 4) is 0 Å². The topological polar surface area (TPSA) is 86.3 Å². The fourth-order valence-corrected chi connectivity index (χ4v) is 3.07. The Morgan fingerprint density at radius 3 is 2.69 bits per heavy atom. The molecule has 3 rings (SSSR count). The first-order chi connectivity index (χ1) is 12.5. The maximum absolute atomic E-state index is 13.2. The molecule has 140 valence electrons. The van der Waals surface area contributed by atoms with E-state index in [4.69, 9.17) is 4.74 Å². The van der Waals surface area contributed by atoms with E-state index in [9.17, 15) is 14.0 Å². The monoisotopic (exact) mass is 363 g/mol. The van der Waals surface area contributed by atoms with Gasteiger partial charge in [0.2, 0.25) is 0 Å². The van der Waals surface area contributed by atoms with Crippen molar-refractivity contribution < 1.29 is 18.7 Å². The zero-order valence-electron chi connectivity index (χ0n) is 14.7. The molecule has 2 heterocycles. The van der Waals surface area contributed by atoms with Crippen LogP contribution in [0.2, 0.25) is 0 Å². The molecule has 0 aliphatic carbocycles. The molecule has 2 fully saturated rings. The Hall–Kier alpha value is -2.68. The fourth-order valence-electron chi connectivity index (χ4n) is 3.07. The number of carbonyl (C=O) groups is 2. The zero-order chi connectivity index (χ0) is 18.7. The number of methoxy groups -OCH3 is 1. The maximum atomic E-state index is 13.2. The highest BCUT2D eigenvalue weighted by Crippen LogP contribution is 2.23. The van der Waals surface area contributed by atoms with Crippen molar-refractivity contribution >= 4 is 17.9 Å². The summed E-state index contributed by atoms with van der Waals surface area (Å²) >= 11 is 0. The third-order valence-electron chi connectivity index (χ3n) is 4.45. The summed E-state index contributed by atoms with van der Waals surface area (Å²) in [5.41, 5.74) is 0.839. The predicted molar refractivity (Wildman–Crippen MR) is 92.8 cm³/mol. The molecule has 2 unspecified atom stereocenters. The maximum Gasteiger partial charge on any atom is 0.325 e. The summed E-state index contributed by atoms with van der Waals surface area (Å²) in [4.78, 5) is 32.1. The summed E-state index contributed by atoms with van der Waals surface area (Å²) in [5, 5.41) is 5.52. The second kappa shape index (κ2) is 7.69. The lowest BCUT2D eigenvalue weighted by atomic mass is 10.1. The molecule has 2 aliphatic rings. The van der Waals surface area contributed by atoms with Crippen LogP contribution in [0.5, 0.6) is 0 Å². The molecule has 2 atom stereocenters. The number of amides is 3. The number of ether oxygens (including phenoxy) is 1. The average Bonchev–Trinajstić information content (AvgIpc) is 2.98. The van der Waals surface area contributed by atoms with Gasteiger partial charge >= 0.3 is 6.03 Å². The Morgan fingerprint density at radius 1 is 1.27 bits per heavy atom. The lowest BCUT2D eigenvalue weighted by Gasteiger charge is -2.35. The molecule has 0 aromatic heterocycles. The van der Waals surface area contributed by atoms with Crippen LogP contribution in [0, 0.1) is 5.82 Å². The van der Waals surface area contributed by atoms with E-state index in [1.807, 2.05) is 4.90 Å². The molecule has 9 heteroatoms. The van der Waals surface area contributed by atoms with Gasteiger partial charge in [-0.3, -0.25) is 15.1 Å². The van der Waals surface area contributed by atoms with Gasteiger partial charge in [0.25, 0.3) is 5.91 Å². The number of hydrogen-bond donors (Lipinski definition) is 2. The van der Waals surface area contributed by atoms with E-state index < -0.39 is 18.2 Å². The van der Waals surface area contributed by atoms with Gasteiger partial charge in [0.1, 0.15) is 12.0 Å². The molecule has 26 heavy (non-hydrogen) atoms. The second-order valence-electron chi connectivity index (χ2n) is 6.25. The number of likely N-dealkylation sites (N-methyl/N-ethyl adjacent to an activating group) is 1. The Labute approximate surface area is 151 Å². The van der Waals surface area contributed by atoms with E-state index >= 15 is 0 Å². The van der Waals surface area contributed by atoms with Crippen LogP contribution < -0.4 is 10.6 Å². The minimum atomic E-state index is -0.607. The Balaban J connectivity index is 1.85. The number of urea groups is 1. The van der Waals surface area contributed by atoms with Gasteiger partial charge < -0.3 is 19.9 Å². The van der Waals surface area contributed by atoms with Crippen molar-refractivity contribution in [1.82, 2.24) is 20.4 Å². The summed E-state index contributed by atoms with van der Waals surface area (Å²) in [7, 11) is 3.25. The zero-order valence-corrected chi connectivity index (χ0v) is 14.7. The molecule has 8 nitrogen and oxygen atoms in total. The summed E-state index contributed by atoms with van der Waals surface area (Å²) in [5.74, 6) is -0.160. The molecule has 0 saturated carbocycles. The van der Waals surface area contributed by atoms with Crippen LogP contribution in [0.3, 0.4) is 0 Å². The molecule has 2 saturated heterocycles. The minimum Gasteiger partial charge on any atom is -0.385 e. The number of halogens is 1. The largest absolute Gasteiger partial charge is 0.385 e. The van der Waals surface area contributed by atoms with Crippen molar-refractivity contribution in [3.05, 3.63) is 35.6 Å². The Morgan fingerprint density at radius 2 is 2.00 bits per heavy atom. The number of guanidine groups is 1. The van der Waals surface area contributed by atoms with Crippen LogP contribution in [0.25, 0.3) is 0 Å². The second-order valence-corrected chi connectivity index (χ2v) is 6.25.